The second-order valence-electron chi connectivity index (χ2n) is 5.34. The Morgan fingerprint density at radius 3 is 2.42 bits per heavy atom. The lowest BCUT2D eigenvalue weighted by Gasteiger charge is -2.13. The van der Waals surface area contributed by atoms with Crippen LogP contribution in [0, 0.1) is 0 Å². The number of hydrogen-bond acceptors (Lipinski definition) is 5. The molecule has 2 atom stereocenters. The van der Waals surface area contributed by atoms with Crippen LogP contribution in [0.1, 0.15) is 25.3 Å². The molecule has 0 heterocycles. The fourth-order valence-corrected chi connectivity index (χ4v) is 1.86. The monoisotopic (exact) mass is 337 g/mol. The number of carboxylic acids is 1. The Morgan fingerprint density at radius 1 is 1.25 bits per heavy atom. The van der Waals surface area contributed by atoms with Crippen molar-refractivity contribution in [3.8, 4) is 5.75 Å². The summed E-state index contributed by atoms with van der Waals surface area (Å²) in [6, 6.07) is 5.41. The summed E-state index contributed by atoms with van der Waals surface area (Å²) in [5.41, 5.74) is 6.63. The number of carboxylic acid groups (broad SMARTS) is 1. The molecule has 0 saturated carbocycles. The molecule has 0 aliphatic heterocycles. The van der Waals surface area contributed by atoms with Crippen molar-refractivity contribution >= 4 is 17.8 Å². The number of hydrogen-bond donors (Lipinski definition) is 4. The third-order valence-corrected chi connectivity index (χ3v) is 3.39. The molecule has 0 saturated heterocycles. The Labute approximate surface area is 140 Å². The van der Waals surface area contributed by atoms with Crippen molar-refractivity contribution in [2.75, 3.05) is 7.11 Å². The number of carbonyl (C=O) groups is 3. The van der Waals surface area contributed by atoms with E-state index >= 15 is 0 Å². The summed E-state index contributed by atoms with van der Waals surface area (Å²) < 4.78 is 5.05. The molecule has 132 valence electrons. The molecule has 2 amide bonds. The van der Waals surface area contributed by atoms with Gasteiger partial charge < -0.3 is 26.2 Å². The van der Waals surface area contributed by atoms with Crippen LogP contribution in [0.25, 0.3) is 0 Å². The molecular formula is C16H23N3O5. The third-order valence-electron chi connectivity index (χ3n) is 3.39. The zero-order valence-corrected chi connectivity index (χ0v) is 13.7. The van der Waals surface area contributed by atoms with Gasteiger partial charge in [0.25, 0.3) is 0 Å². The number of benzene rings is 1. The SMILES string of the molecule is COc1ccc(CNC(=O)[C@@H](N)CCC(=O)N[C@@H](C)C(=O)O)cc1. The lowest BCUT2D eigenvalue weighted by molar-refractivity contribution is -0.141. The van der Waals surface area contributed by atoms with Crippen LogP contribution < -0.4 is 21.1 Å². The van der Waals surface area contributed by atoms with E-state index in [-0.39, 0.29) is 18.7 Å². The minimum Gasteiger partial charge on any atom is -0.497 e. The maximum atomic E-state index is 11.9. The first-order valence-corrected chi connectivity index (χ1v) is 7.52. The summed E-state index contributed by atoms with van der Waals surface area (Å²) >= 11 is 0. The van der Waals surface area contributed by atoms with Gasteiger partial charge >= 0.3 is 5.97 Å². The zero-order chi connectivity index (χ0) is 18.1. The predicted molar refractivity (Wildman–Crippen MR) is 87.3 cm³/mol. The molecule has 1 aromatic rings. The molecule has 0 spiro atoms. The van der Waals surface area contributed by atoms with Crippen molar-refractivity contribution in [1.82, 2.24) is 10.6 Å². The second-order valence-corrected chi connectivity index (χ2v) is 5.34. The largest absolute Gasteiger partial charge is 0.497 e. The lowest BCUT2D eigenvalue weighted by atomic mass is 10.1. The second kappa shape index (κ2) is 9.51. The average molecular weight is 337 g/mol. The number of methoxy groups -OCH3 is 1. The van der Waals surface area contributed by atoms with E-state index in [9.17, 15) is 14.4 Å². The van der Waals surface area contributed by atoms with Crippen molar-refractivity contribution in [2.45, 2.75) is 38.4 Å². The maximum Gasteiger partial charge on any atom is 0.325 e. The lowest BCUT2D eigenvalue weighted by Crippen LogP contribution is -2.42. The molecule has 0 fully saturated rings. The summed E-state index contributed by atoms with van der Waals surface area (Å²) in [7, 11) is 1.57. The van der Waals surface area contributed by atoms with Crippen LogP contribution in [0.5, 0.6) is 5.75 Å². The molecular weight excluding hydrogens is 314 g/mol. The van der Waals surface area contributed by atoms with Crippen LogP contribution in [0.15, 0.2) is 24.3 Å². The van der Waals surface area contributed by atoms with E-state index in [0.717, 1.165) is 11.3 Å². The van der Waals surface area contributed by atoms with Crippen LogP contribution in [0.3, 0.4) is 0 Å². The van der Waals surface area contributed by atoms with E-state index in [0.29, 0.717) is 6.54 Å². The Kier molecular flexibility index (Phi) is 7.70. The van der Waals surface area contributed by atoms with Crippen molar-refractivity contribution in [1.29, 1.82) is 0 Å². The summed E-state index contributed by atoms with van der Waals surface area (Å²) in [5, 5.41) is 13.7. The highest BCUT2D eigenvalue weighted by atomic mass is 16.5. The number of amides is 2. The molecule has 24 heavy (non-hydrogen) atoms. The molecule has 0 radical (unpaired) electrons. The van der Waals surface area contributed by atoms with E-state index in [4.69, 9.17) is 15.6 Å². The van der Waals surface area contributed by atoms with E-state index in [1.54, 1.807) is 19.2 Å². The summed E-state index contributed by atoms with van der Waals surface area (Å²) in [6.45, 7) is 1.68. The standard InChI is InChI=1S/C16H23N3O5/c1-10(16(22)23)19-14(20)8-7-13(17)15(21)18-9-11-3-5-12(24-2)6-4-11/h3-6,10,13H,7-9,17H2,1-2H3,(H,18,21)(H,19,20)(H,22,23)/t10-,13-/m0/s1. The molecule has 5 N–H and O–H groups in total. The fourth-order valence-electron chi connectivity index (χ4n) is 1.86. The van der Waals surface area contributed by atoms with Gasteiger partial charge in [0.15, 0.2) is 0 Å². The van der Waals surface area contributed by atoms with Gasteiger partial charge in [0.2, 0.25) is 11.8 Å². The van der Waals surface area contributed by atoms with Crippen LogP contribution in [-0.2, 0) is 20.9 Å². The Balaban J connectivity index is 2.33. The summed E-state index contributed by atoms with van der Waals surface area (Å²) in [6.07, 6.45) is 0.112. The molecule has 0 aliphatic rings. The molecule has 8 nitrogen and oxygen atoms in total. The van der Waals surface area contributed by atoms with Crippen LogP contribution >= 0.6 is 0 Å². The first kappa shape index (κ1) is 19.4. The quantitative estimate of drug-likeness (QED) is 0.502. The van der Waals surface area contributed by atoms with Gasteiger partial charge in [0.1, 0.15) is 11.8 Å². The van der Waals surface area contributed by atoms with E-state index in [1.165, 1.54) is 6.92 Å². The normalized spacial score (nSPS) is 12.8. The summed E-state index contributed by atoms with van der Waals surface area (Å²) in [5.74, 6) is -1.22. The van der Waals surface area contributed by atoms with Gasteiger partial charge in [-0.15, -0.1) is 0 Å². The number of ether oxygens (including phenoxy) is 1. The predicted octanol–water partition coefficient (Wildman–Crippen LogP) is 0.00820. The fraction of sp³-hybridized carbons (Fsp3) is 0.438. The van der Waals surface area contributed by atoms with Crippen molar-refractivity contribution in [3.05, 3.63) is 29.8 Å². The van der Waals surface area contributed by atoms with Gasteiger partial charge in [-0.3, -0.25) is 14.4 Å². The van der Waals surface area contributed by atoms with E-state index in [2.05, 4.69) is 10.6 Å². The third kappa shape index (κ3) is 6.66. The van der Waals surface area contributed by atoms with Crippen molar-refractivity contribution in [2.24, 2.45) is 5.73 Å². The highest BCUT2D eigenvalue weighted by Gasteiger charge is 2.17. The Morgan fingerprint density at radius 2 is 1.88 bits per heavy atom. The molecule has 0 aromatic heterocycles. The number of rotatable bonds is 9. The molecule has 8 heteroatoms. The summed E-state index contributed by atoms with van der Waals surface area (Å²) in [4.78, 5) is 34.1. The highest BCUT2D eigenvalue weighted by Crippen LogP contribution is 2.11. The van der Waals surface area contributed by atoms with Gasteiger partial charge in [0.05, 0.1) is 13.2 Å². The molecule has 1 rings (SSSR count). The van der Waals surface area contributed by atoms with Gasteiger partial charge in [-0.1, -0.05) is 12.1 Å². The molecule has 0 bridgehead atoms. The number of carbonyl (C=O) groups excluding carboxylic acids is 2. The number of nitrogens with one attached hydrogen (secondary N) is 2. The Hall–Kier alpha value is -2.61. The van der Waals surface area contributed by atoms with Crippen LogP contribution in [-0.4, -0.2) is 42.1 Å². The maximum absolute atomic E-state index is 11.9. The minimum atomic E-state index is -1.12. The minimum absolute atomic E-state index is 0.0191. The molecule has 0 aliphatic carbocycles. The smallest absolute Gasteiger partial charge is 0.325 e. The van der Waals surface area contributed by atoms with Crippen LogP contribution in [0.4, 0.5) is 0 Å². The Bertz CT molecular complexity index is 574. The van der Waals surface area contributed by atoms with Crippen molar-refractivity contribution in [3.63, 3.8) is 0 Å². The molecule has 1 aromatic carbocycles. The first-order chi connectivity index (χ1) is 11.3. The zero-order valence-electron chi connectivity index (χ0n) is 13.7. The van der Waals surface area contributed by atoms with Crippen LogP contribution in [0.2, 0.25) is 0 Å². The first-order valence-electron chi connectivity index (χ1n) is 7.52. The highest BCUT2D eigenvalue weighted by molar-refractivity contribution is 5.85. The average Bonchev–Trinajstić information content (AvgIpc) is 2.57. The topological polar surface area (TPSA) is 131 Å². The van der Waals surface area contributed by atoms with E-state index in [1.807, 2.05) is 12.1 Å². The van der Waals surface area contributed by atoms with Gasteiger partial charge in [-0.25, -0.2) is 0 Å². The number of nitrogens with two attached hydrogens (primary N) is 1. The van der Waals surface area contributed by atoms with Gasteiger partial charge in [-0.2, -0.15) is 0 Å². The van der Waals surface area contributed by atoms with Gasteiger partial charge in [0, 0.05) is 13.0 Å². The van der Waals surface area contributed by atoms with Gasteiger partial charge in [-0.05, 0) is 31.0 Å². The molecule has 0 unspecified atom stereocenters. The van der Waals surface area contributed by atoms with E-state index < -0.39 is 24.0 Å². The van der Waals surface area contributed by atoms with Crippen molar-refractivity contribution < 1.29 is 24.2 Å². The number of aliphatic carboxylic acids is 1.